The van der Waals surface area contributed by atoms with E-state index in [1.54, 1.807) is 73.7 Å². The van der Waals surface area contributed by atoms with Gasteiger partial charge in [0.25, 0.3) is 5.91 Å². The van der Waals surface area contributed by atoms with Gasteiger partial charge >= 0.3 is 0 Å². The van der Waals surface area contributed by atoms with Crippen LogP contribution in [-0.2, 0) is 14.8 Å². The third-order valence-corrected chi connectivity index (χ3v) is 6.74. The zero-order chi connectivity index (χ0) is 20.9. The van der Waals surface area contributed by atoms with E-state index in [0.29, 0.717) is 37.3 Å². The Bertz CT molecular complexity index is 949. The molecule has 8 heteroatoms. The number of nitrogens with zero attached hydrogens (tertiary/aromatic N) is 1. The molecule has 0 aromatic heterocycles. The fourth-order valence-electron chi connectivity index (χ4n) is 3.56. The lowest BCUT2D eigenvalue weighted by molar-refractivity contribution is 0.0775. The van der Waals surface area contributed by atoms with Crippen LogP contribution in [-0.4, -0.2) is 58.7 Å². The van der Waals surface area contributed by atoms with Crippen molar-refractivity contribution >= 4 is 15.9 Å². The topological polar surface area (TPSA) is 84.9 Å². The van der Waals surface area contributed by atoms with Crippen molar-refractivity contribution in [2.75, 3.05) is 33.9 Å². The molecule has 0 bridgehead atoms. The molecule has 1 amide bonds. The van der Waals surface area contributed by atoms with Crippen molar-refractivity contribution in [3.63, 3.8) is 0 Å². The van der Waals surface area contributed by atoms with Gasteiger partial charge in [0.05, 0.1) is 17.5 Å². The third kappa shape index (κ3) is 4.95. The fourth-order valence-corrected chi connectivity index (χ4v) is 5.04. The van der Waals surface area contributed by atoms with Gasteiger partial charge in [-0.25, -0.2) is 13.1 Å². The summed E-state index contributed by atoms with van der Waals surface area (Å²) >= 11 is 0. The molecule has 1 saturated heterocycles. The number of methoxy groups -OCH3 is 2. The summed E-state index contributed by atoms with van der Waals surface area (Å²) in [6, 6.07) is 15.2. The van der Waals surface area contributed by atoms with E-state index >= 15 is 0 Å². The number of ether oxygens (including phenoxy) is 2. The van der Waals surface area contributed by atoms with Crippen molar-refractivity contribution in [1.29, 1.82) is 0 Å². The summed E-state index contributed by atoms with van der Waals surface area (Å²) in [4.78, 5) is 14.9. The van der Waals surface area contributed by atoms with Crippen LogP contribution in [0.1, 0.15) is 23.2 Å². The molecule has 0 aliphatic carbocycles. The molecule has 156 valence electrons. The first kappa shape index (κ1) is 21.3. The number of sulfonamides is 1. The lowest BCUT2D eigenvalue weighted by atomic mass is 9.96. The number of nitrogens with one attached hydrogen (secondary N) is 1. The van der Waals surface area contributed by atoms with Crippen LogP contribution in [0, 0.1) is 0 Å². The fraction of sp³-hybridized carbons (Fsp3) is 0.381. The zero-order valence-corrected chi connectivity index (χ0v) is 17.4. The van der Waals surface area contributed by atoms with Gasteiger partial charge in [-0.05, 0) is 43.2 Å². The van der Waals surface area contributed by atoms with Crippen LogP contribution >= 0.6 is 0 Å². The zero-order valence-electron chi connectivity index (χ0n) is 16.6. The number of rotatable bonds is 8. The molecule has 1 atom stereocenters. The molecule has 1 N–H and O–H groups in total. The lowest BCUT2D eigenvalue weighted by Gasteiger charge is -2.30. The molecular weight excluding hydrogens is 392 g/mol. The van der Waals surface area contributed by atoms with Gasteiger partial charge < -0.3 is 14.4 Å². The molecule has 7 nitrogen and oxygen atoms in total. The normalized spacial score (nSPS) is 19.3. The van der Waals surface area contributed by atoms with Crippen LogP contribution in [0.4, 0.5) is 0 Å². The Morgan fingerprint density at radius 2 is 1.90 bits per heavy atom. The molecule has 1 heterocycles. The third-order valence-electron chi connectivity index (χ3n) is 5.15. The van der Waals surface area contributed by atoms with Crippen LogP contribution in [0.5, 0.6) is 5.75 Å². The van der Waals surface area contributed by atoms with E-state index in [-0.39, 0.29) is 17.3 Å². The Labute approximate surface area is 171 Å². The Morgan fingerprint density at radius 3 is 2.59 bits per heavy atom. The maximum Gasteiger partial charge on any atom is 0.254 e. The summed E-state index contributed by atoms with van der Waals surface area (Å²) in [7, 11) is -0.594. The molecule has 0 saturated carbocycles. The predicted molar refractivity (Wildman–Crippen MR) is 110 cm³/mol. The number of carbonyl (C=O) groups excluding carboxylic acids is 1. The van der Waals surface area contributed by atoms with Gasteiger partial charge in [0.1, 0.15) is 5.75 Å². The highest BCUT2D eigenvalue weighted by Crippen LogP contribution is 2.29. The molecule has 29 heavy (non-hydrogen) atoms. The van der Waals surface area contributed by atoms with E-state index in [2.05, 4.69) is 4.72 Å². The Hall–Kier alpha value is -2.42. The van der Waals surface area contributed by atoms with Crippen molar-refractivity contribution in [3.8, 4) is 5.75 Å². The first-order valence-corrected chi connectivity index (χ1v) is 10.9. The molecule has 3 rings (SSSR count). The van der Waals surface area contributed by atoms with Gasteiger partial charge in [0, 0.05) is 32.4 Å². The van der Waals surface area contributed by atoms with Gasteiger partial charge in [0.15, 0.2) is 0 Å². The van der Waals surface area contributed by atoms with Crippen molar-refractivity contribution in [2.45, 2.75) is 23.3 Å². The molecule has 0 spiro atoms. The first-order chi connectivity index (χ1) is 13.9. The van der Waals surface area contributed by atoms with Crippen molar-refractivity contribution in [2.24, 2.45) is 0 Å². The quantitative estimate of drug-likeness (QED) is 0.711. The number of benzene rings is 2. The van der Waals surface area contributed by atoms with Gasteiger partial charge in [-0.15, -0.1) is 0 Å². The lowest BCUT2D eigenvalue weighted by Crippen LogP contribution is -2.51. The SMILES string of the molecule is COCCC1(NS(=O)(=O)c2ccccc2)CCN(C(=O)c2cccc(OC)c2)C1. The van der Waals surface area contributed by atoms with Crippen molar-refractivity contribution < 1.29 is 22.7 Å². The van der Waals surface area contributed by atoms with Crippen LogP contribution < -0.4 is 9.46 Å². The van der Waals surface area contributed by atoms with E-state index in [4.69, 9.17) is 9.47 Å². The largest absolute Gasteiger partial charge is 0.497 e. The van der Waals surface area contributed by atoms with Gasteiger partial charge in [-0.1, -0.05) is 24.3 Å². The summed E-state index contributed by atoms with van der Waals surface area (Å²) in [6.07, 6.45) is 0.982. The maximum absolute atomic E-state index is 13.0. The van der Waals surface area contributed by atoms with Gasteiger partial charge in [-0.3, -0.25) is 4.79 Å². The molecule has 2 aromatic carbocycles. The molecule has 0 radical (unpaired) electrons. The molecule has 1 fully saturated rings. The van der Waals surface area contributed by atoms with Crippen molar-refractivity contribution in [1.82, 2.24) is 9.62 Å². The van der Waals surface area contributed by atoms with Crippen LogP contribution in [0.2, 0.25) is 0 Å². The molecule has 1 aliphatic heterocycles. The van der Waals surface area contributed by atoms with E-state index < -0.39 is 15.6 Å². The van der Waals surface area contributed by atoms with Crippen LogP contribution in [0.3, 0.4) is 0 Å². The minimum Gasteiger partial charge on any atom is -0.497 e. The van der Waals surface area contributed by atoms with Gasteiger partial charge in [0.2, 0.25) is 10.0 Å². The second-order valence-corrected chi connectivity index (χ2v) is 8.83. The molecule has 1 unspecified atom stereocenters. The van der Waals surface area contributed by atoms with E-state index in [1.165, 1.54) is 0 Å². The number of likely N-dealkylation sites (tertiary alicyclic amines) is 1. The minimum atomic E-state index is -3.72. The summed E-state index contributed by atoms with van der Waals surface area (Å²) in [5.41, 5.74) is -0.267. The summed E-state index contributed by atoms with van der Waals surface area (Å²) in [5.74, 6) is 0.451. The van der Waals surface area contributed by atoms with E-state index in [1.807, 2.05) is 0 Å². The first-order valence-electron chi connectivity index (χ1n) is 9.40. The highest BCUT2D eigenvalue weighted by molar-refractivity contribution is 7.89. The van der Waals surface area contributed by atoms with Crippen LogP contribution in [0.25, 0.3) is 0 Å². The summed E-state index contributed by atoms with van der Waals surface area (Å²) < 4.78 is 39.1. The Balaban J connectivity index is 1.81. The molecule has 1 aliphatic rings. The molecule has 2 aromatic rings. The maximum atomic E-state index is 13.0. The highest BCUT2D eigenvalue weighted by atomic mass is 32.2. The number of hydrogen-bond acceptors (Lipinski definition) is 5. The second kappa shape index (κ2) is 8.94. The van der Waals surface area contributed by atoms with E-state index in [0.717, 1.165) is 0 Å². The van der Waals surface area contributed by atoms with Gasteiger partial charge in [-0.2, -0.15) is 0 Å². The Morgan fingerprint density at radius 1 is 1.14 bits per heavy atom. The predicted octanol–water partition coefficient (Wildman–Crippen LogP) is 2.29. The second-order valence-electron chi connectivity index (χ2n) is 7.15. The Kier molecular flexibility index (Phi) is 6.56. The average Bonchev–Trinajstić information content (AvgIpc) is 3.16. The summed E-state index contributed by atoms with van der Waals surface area (Å²) in [6.45, 7) is 1.12. The highest BCUT2D eigenvalue weighted by Gasteiger charge is 2.43. The smallest absolute Gasteiger partial charge is 0.254 e. The minimum absolute atomic E-state index is 0.151. The monoisotopic (exact) mass is 418 g/mol. The number of carbonyl (C=O) groups is 1. The molecular formula is C21H26N2O5S. The average molecular weight is 419 g/mol. The standard InChI is InChI=1S/C21H26N2O5S/c1-27-14-12-21(22-29(25,26)19-9-4-3-5-10-19)11-13-23(16-21)20(24)17-7-6-8-18(15-17)28-2/h3-10,15,22H,11-14,16H2,1-2H3. The number of amides is 1. The summed E-state index contributed by atoms with van der Waals surface area (Å²) in [5, 5.41) is 0. The van der Waals surface area contributed by atoms with Crippen molar-refractivity contribution in [3.05, 3.63) is 60.2 Å². The number of hydrogen-bond donors (Lipinski definition) is 1. The van der Waals surface area contributed by atoms with Crippen LogP contribution in [0.15, 0.2) is 59.5 Å². The van der Waals surface area contributed by atoms with E-state index in [9.17, 15) is 13.2 Å².